The van der Waals surface area contributed by atoms with Crippen molar-refractivity contribution in [3.63, 3.8) is 0 Å². The monoisotopic (exact) mass is 430 g/mol. The number of rotatable bonds is 10. The van der Waals surface area contributed by atoms with Crippen LogP contribution in [-0.2, 0) is 29.3 Å². The largest absolute Gasteiger partial charge is 0.357 e. The molecule has 0 amide bonds. The van der Waals surface area contributed by atoms with Gasteiger partial charge in [-0.05, 0) is 55.8 Å². The molecule has 0 saturated carbocycles. The minimum absolute atomic E-state index is 0.349. The van der Waals surface area contributed by atoms with Crippen molar-refractivity contribution in [1.82, 2.24) is 15.5 Å². The van der Waals surface area contributed by atoms with Gasteiger partial charge in [0, 0.05) is 25.9 Å². The number of sulfone groups is 1. The summed E-state index contributed by atoms with van der Waals surface area (Å²) in [5.41, 5.74) is 3.56. The maximum atomic E-state index is 11.6. The van der Waals surface area contributed by atoms with Crippen LogP contribution in [0.2, 0.25) is 0 Å². The molecular weight excluding hydrogens is 396 g/mol. The van der Waals surface area contributed by atoms with Gasteiger partial charge in [-0.3, -0.25) is 0 Å². The minimum atomic E-state index is -3.15. The highest BCUT2D eigenvalue weighted by atomic mass is 32.2. The van der Waals surface area contributed by atoms with Gasteiger partial charge in [-0.15, -0.1) is 0 Å². The van der Waals surface area contributed by atoms with E-state index in [4.69, 9.17) is 4.99 Å². The quantitative estimate of drug-likeness (QED) is 0.448. The summed E-state index contributed by atoms with van der Waals surface area (Å²) in [7, 11) is -1.04. The Bertz CT molecular complexity index is 924. The van der Waals surface area contributed by atoms with E-state index in [-0.39, 0.29) is 0 Å². The van der Waals surface area contributed by atoms with Crippen LogP contribution in [0, 0.1) is 0 Å². The summed E-state index contributed by atoms with van der Waals surface area (Å²) in [6.45, 7) is 8.27. The van der Waals surface area contributed by atoms with E-state index < -0.39 is 9.84 Å². The first-order chi connectivity index (χ1) is 14.3. The highest BCUT2D eigenvalue weighted by molar-refractivity contribution is 7.90. The van der Waals surface area contributed by atoms with Crippen LogP contribution in [0.3, 0.4) is 0 Å². The molecule has 0 heterocycles. The molecule has 0 unspecified atom stereocenters. The lowest BCUT2D eigenvalue weighted by atomic mass is 10.1. The van der Waals surface area contributed by atoms with Crippen molar-refractivity contribution in [2.75, 3.05) is 32.9 Å². The van der Waals surface area contributed by atoms with E-state index in [2.05, 4.69) is 53.8 Å². The third kappa shape index (κ3) is 8.16. The topological polar surface area (TPSA) is 73.8 Å². The average Bonchev–Trinajstić information content (AvgIpc) is 2.72. The second kappa shape index (κ2) is 11.7. The predicted octanol–water partition coefficient (Wildman–Crippen LogP) is 2.84. The van der Waals surface area contributed by atoms with Crippen LogP contribution < -0.4 is 10.6 Å². The zero-order valence-electron chi connectivity index (χ0n) is 18.5. The molecule has 0 atom stereocenters. The first-order valence-electron chi connectivity index (χ1n) is 10.4. The fourth-order valence-electron chi connectivity index (χ4n) is 2.99. The summed E-state index contributed by atoms with van der Waals surface area (Å²) >= 11 is 0. The van der Waals surface area contributed by atoms with Crippen molar-refractivity contribution in [1.29, 1.82) is 0 Å². The van der Waals surface area contributed by atoms with E-state index in [9.17, 15) is 8.42 Å². The van der Waals surface area contributed by atoms with E-state index in [1.807, 2.05) is 19.1 Å². The van der Waals surface area contributed by atoms with Crippen LogP contribution in [-0.4, -0.2) is 52.2 Å². The SMILES string of the molecule is CCNC(=NCc1cccc(CN(C)CC)c1)NCCc1ccc(S(C)(=O)=O)cc1. The van der Waals surface area contributed by atoms with E-state index in [0.717, 1.165) is 37.6 Å². The van der Waals surface area contributed by atoms with E-state index in [1.165, 1.54) is 17.4 Å². The van der Waals surface area contributed by atoms with Crippen molar-refractivity contribution in [3.8, 4) is 0 Å². The summed E-state index contributed by atoms with van der Waals surface area (Å²) in [5.74, 6) is 0.779. The van der Waals surface area contributed by atoms with Crippen LogP contribution in [0.5, 0.6) is 0 Å². The highest BCUT2D eigenvalue weighted by Gasteiger charge is 2.06. The van der Waals surface area contributed by atoms with Gasteiger partial charge in [-0.25, -0.2) is 13.4 Å². The van der Waals surface area contributed by atoms with Crippen molar-refractivity contribution in [2.24, 2.45) is 4.99 Å². The van der Waals surface area contributed by atoms with Crippen LogP contribution in [0.25, 0.3) is 0 Å². The second-order valence-corrected chi connectivity index (χ2v) is 9.45. The third-order valence-electron chi connectivity index (χ3n) is 4.81. The Labute approximate surface area is 181 Å². The molecule has 30 heavy (non-hydrogen) atoms. The van der Waals surface area contributed by atoms with Gasteiger partial charge in [-0.1, -0.05) is 43.3 Å². The average molecular weight is 431 g/mol. The number of benzene rings is 2. The fourth-order valence-corrected chi connectivity index (χ4v) is 3.62. The van der Waals surface area contributed by atoms with Crippen molar-refractivity contribution in [2.45, 2.75) is 38.3 Å². The van der Waals surface area contributed by atoms with Gasteiger partial charge >= 0.3 is 0 Å². The number of nitrogens with zero attached hydrogens (tertiary/aromatic N) is 2. The zero-order valence-corrected chi connectivity index (χ0v) is 19.3. The van der Waals surface area contributed by atoms with Crippen LogP contribution in [0.15, 0.2) is 58.4 Å². The first kappa shape index (κ1) is 23.9. The molecule has 2 aromatic rings. The van der Waals surface area contributed by atoms with Gasteiger partial charge in [-0.2, -0.15) is 0 Å². The summed E-state index contributed by atoms with van der Waals surface area (Å²) in [4.78, 5) is 7.33. The predicted molar refractivity (Wildman–Crippen MR) is 125 cm³/mol. The molecule has 0 aliphatic heterocycles. The Kier molecular flexibility index (Phi) is 9.33. The number of hydrogen-bond donors (Lipinski definition) is 2. The molecule has 2 N–H and O–H groups in total. The number of hydrogen-bond acceptors (Lipinski definition) is 4. The molecule has 0 radical (unpaired) electrons. The second-order valence-electron chi connectivity index (χ2n) is 7.44. The molecule has 2 rings (SSSR count). The van der Waals surface area contributed by atoms with Gasteiger partial charge in [0.25, 0.3) is 0 Å². The molecule has 6 nitrogen and oxygen atoms in total. The van der Waals surface area contributed by atoms with Crippen LogP contribution >= 0.6 is 0 Å². The van der Waals surface area contributed by atoms with Crippen LogP contribution in [0.1, 0.15) is 30.5 Å². The van der Waals surface area contributed by atoms with Crippen LogP contribution in [0.4, 0.5) is 0 Å². The van der Waals surface area contributed by atoms with Gasteiger partial charge in [0.05, 0.1) is 11.4 Å². The van der Waals surface area contributed by atoms with E-state index in [0.29, 0.717) is 18.0 Å². The molecule has 0 aliphatic carbocycles. The van der Waals surface area contributed by atoms with Crippen molar-refractivity contribution >= 4 is 15.8 Å². The molecule has 0 spiro atoms. The smallest absolute Gasteiger partial charge is 0.191 e. The van der Waals surface area contributed by atoms with Gasteiger partial charge in [0.15, 0.2) is 15.8 Å². The Morgan fingerprint density at radius 2 is 1.70 bits per heavy atom. The number of aliphatic imine (C=N–C) groups is 1. The Morgan fingerprint density at radius 1 is 1.00 bits per heavy atom. The molecule has 0 saturated heterocycles. The van der Waals surface area contributed by atoms with Crippen molar-refractivity contribution < 1.29 is 8.42 Å². The Morgan fingerprint density at radius 3 is 2.33 bits per heavy atom. The molecule has 0 fully saturated rings. The Hall–Kier alpha value is -2.38. The highest BCUT2D eigenvalue weighted by Crippen LogP contribution is 2.11. The van der Waals surface area contributed by atoms with Crippen molar-refractivity contribution in [3.05, 3.63) is 65.2 Å². The maximum absolute atomic E-state index is 11.6. The fraction of sp³-hybridized carbons (Fsp3) is 0.435. The lowest BCUT2D eigenvalue weighted by molar-refractivity contribution is 0.345. The van der Waals surface area contributed by atoms with E-state index >= 15 is 0 Å². The normalized spacial score (nSPS) is 12.2. The summed E-state index contributed by atoms with van der Waals surface area (Å²) in [5, 5.41) is 6.63. The summed E-state index contributed by atoms with van der Waals surface area (Å²) < 4.78 is 23.1. The molecular formula is C23H34N4O2S. The third-order valence-corrected chi connectivity index (χ3v) is 5.93. The van der Waals surface area contributed by atoms with Gasteiger partial charge in [0.1, 0.15) is 0 Å². The maximum Gasteiger partial charge on any atom is 0.191 e. The lowest BCUT2D eigenvalue weighted by Crippen LogP contribution is -2.38. The molecule has 2 aromatic carbocycles. The number of nitrogens with one attached hydrogen (secondary N) is 2. The van der Waals surface area contributed by atoms with Gasteiger partial charge in [0.2, 0.25) is 0 Å². The minimum Gasteiger partial charge on any atom is -0.357 e. The van der Waals surface area contributed by atoms with Gasteiger partial charge < -0.3 is 15.5 Å². The first-order valence-corrected chi connectivity index (χ1v) is 12.3. The van der Waals surface area contributed by atoms with E-state index in [1.54, 1.807) is 12.1 Å². The molecule has 0 bridgehead atoms. The zero-order chi connectivity index (χ0) is 22.0. The molecule has 7 heteroatoms. The number of guanidine groups is 1. The standard InChI is InChI=1S/C23H34N4O2S/c1-5-24-23(25-15-14-19-10-12-22(13-11-19)30(4,28)29)26-17-20-8-7-9-21(16-20)18-27(3)6-2/h7-13,16H,5-6,14-15,17-18H2,1-4H3,(H2,24,25,26). The molecule has 0 aromatic heterocycles. The molecule has 164 valence electrons. The Balaban J connectivity index is 1.92. The summed E-state index contributed by atoms with van der Waals surface area (Å²) in [6, 6.07) is 15.6. The molecule has 0 aliphatic rings. The summed E-state index contributed by atoms with van der Waals surface area (Å²) in [6.07, 6.45) is 2.01. The lowest BCUT2D eigenvalue weighted by Gasteiger charge is -2.14.